The third kappa shape index (κ3) is 6.12. The van der Waals surface area contributed by atoms with Crippen LogP contribution >= 0.6 is 0 Å². The number of aliphatic imine (C=N–C) groups is 1. The second kappa shape index (κ2) is 9.46. The van der Waals surface area contributed by atoms with Crippen molar-refractivity contribution in [2.45, 2.75) is 20.4 Å². The highest BCUT2D eigenvalue weighted by Crippen LogP contribution is 2.13. The Hall–Kier alpha value is -3.02. The number of aryl methyl sites for hydroxylation is 1. The number of nitrogens with zero attached hydrogens (tertiary/aromatic N) is 2. The lowest BCUT2D eigenvalue weighted by molar-refractivity contribution is -0.114. The lowest BCUT2D eigenvalue weighted by atomic mass is 10.1. The van der Waals surface area contributed by atoms with E-state index < -0.39 is 0 Å². The Labute approximate surface area is 154 Å². The molecule has 0 saturated heterocycles. The van der Waals surface area contributed by atoms with Crippen molar-refractivity contribution in [2.24, 2.45) is 4.99 Å². The van der Waals surface area contributed by atoms with Gasteiger partial charge in [-0.05, 0) is 43.7 Å². The van der Waals surface area contributed by atoms with Gasteiger partial charge in [0.25, 0.3) is 0 Å². The SMILES string of the molecule is CCNC(=NCC(=O)Nc1ccc(O)cc1)N(C)Cc1ccc(C)cc1. The van der Waals surface area contributed by atoms with Gasteiger partial charge in [0.05, 0.1) is 0 Å². The third-order valence-corrected chi connectivity index (χ3v) is 3.76. The molecule has 0 atom stereocenters. The van der Waals surface area contributed by atoms with Crippen LogP contribution in [0.4, 0.5) is 5.69 Å². The topological polar surface area (TPSA) is 77.0 Å². The molecule has 0 unspecified atom stereocenters. The third-order valence-electron chi connectivity index (χ3n) is 3.76. The molecule has 0 spiro atoms. The van der Waals surface area contributed by atoms with Crippen LogP contribution in [0.25, 0.3) is 0 Å². The maximum absolute atomic E-state index is 12.1. The summed E-state index contributed by atoms with van der Waals surface area (Å²) in [5, 5.41) is 15.2. The monoisotopic (exact) mass is 354 g/mol. The summed E-state index contributed by atoms with van der Waals surface area (Å²) in [7, 11) is 1.94. The van der Waals surface area contributed by atoms with E-state index in [0.29, 0.717) is 18.2 Å². The van der Waals surface area contributed by atoms with Crippen LogP contribution in [0.5, 0.6) is 5.75 Å². The van der Waals surface area contributed by atoms with Crippen LogP contribution in [0.3, 0.4) is 0 Å². The number of benzene rings is 2. The molecular weight excluding hydrogens is 328 g/mol. The van der Waals surface area contributed by atoms with Gasteiger partial charge in [0, 0.05) is 25.8 Å². The van der Waals surface area contributed by atoms with Gasteiger partial charge >= 0.3 is 0 Å². The lowest BCUT2D eigenvalue weighted by Gasteiger charge is -2.22. The van der Waals surface area contributed by atoms with Crippen molar-refractivity contribution in [2.75, 3.05) is 25.5 Å². The van der Waals surface area contributed by atoms with Gasteiger partial charge in [0.15, 0.2) is 5.96 Å². The number of nitrogens with one attached hydrogen (secondary N) is 2. The summed E-state index contributed by atoms with van der Waals surface area (Å²) in [6.45, 7) is 5.49. The summed E-state index contributed by atoms with van der Waals surface area (Å²) in [4.78, 5) is 18.5. The van der Waals surface area contributed by atoms with E-state index in [1.54, 1.807) is 12.1 Å². The molecule has 6 heteroatoms. The Kier molecular flexibility index (Phi) is 7.02. The minimum absolute atomic E-state index is 0.0153. The molecule has 0 heterocycles. The van der Waals surface area contributed by atoms with Gasteiger partial charge in [-0.2, -0.15) is 0 Å². The van der Waals surface area contributed by atoms with Gasteiger partial charge in [-0.3, -0.25) is 4.79 Å². The smallest absolute Gasteiger partial charge is 0.246 e. The summed E-state index contributed by atoms with van der Waals surface area (Å²) in [6.07, 6.45) is 0. The molecule has 0 aliphatic carbocycles. The zero-order chi connectivity index (χ0) is 18.9. The number of aromatic hydroxyl groups is 1. The molecule has 1 amide bonds. The van der Waals surface area contributed by atoms with E-state index in [9.17, 15) is 9.90 Å². The molecule has 0 aromatic heterocycles. The largest absolute Gasteiger partial charge is 0.508 e. The fourth-order valence-electron chi connectivity index (χ4n) is 2.40. The summed E-state index contributed by atoms with van der Waals surface area (Å²) in [5.74, 6) is 0.622. The molecule has 2 rings (SSSR count). The van der Waals surface area contributed by atoms with Gasteiger partial charge in [0.2, 0.25) is 5.91 Å². The average Bonchev–Trinajstić information content (AvgIpc) is 2.62. The predicted octanol–water partition coefficient (Wildman–Crippen LogP) is 2.74. The van der Waals surface area contributed by atoms with E-state index in [1.807, 2.05) is 18.9 Å². The quantitative estimate of drug-likeness (QED) is 0.423. The first-order valence-electron chi connectivity index (χ1n) is 8.62. The summed E-state index contributed by atoms with van der Waals surface area (Å²) in [6, 6.07) is 14.7. The van der Waals surface area contributed by atoms with Gasteiger partial charge < -0.3 is 20.6 Å². The highest BCUT2D eigenvalue weighted by molar-refractivity contribution is 5.94. The number of anilines is 1. The molecule has 6 nitrogen and oxygen atoms in total. The Bertz CT molecular complexity index is 739. The van der Waals surface area contributed by atoms with Crippen molar-refractivity contribution < 1.29 is 9.90 Å². The molecule has 0 saturated carbocycles. The fraction of sp³-hybridized carbons (Fsp3) is 0.300. The van der Waals surface area contributed by atoms with E-state index in [0.717, 1.165) is 6.54 Å². The predicted molar refractivity (Wildman–Crippen MR) is 105 cm³/mol. The van der Waals surface area contributed by atoms with Gasteiger partial charge in [0.1, 0.15) is 12.3 Å². The minimum atomic E-state index is -0.213. The van der Waals surface area contributed by atoms with Crippen LogP contribution in [0.15, 0.2) is 53.5 Å². The lowest BCUT2D eigenvalue weighted by Crippen LogP contribution is -2.39. The standard InChI is InChI=1S/C20H26N4O2/c1-4-21-20(24(3)14-16-7-5-15(2)6-8-16)22-13-19(26)23-17-9-11-18(25)12-10-17/h5-12,25H,4,13-14H2,1-3H3,(H,21,22)(H,23,26). The van der Waals surface area contributed by atoms with E-state index in [4.69, 9.17) is 0 Å². The number of hydrogen-bond donors (Lipinski definition) is 3. The number of carbonyl (C=O) groups excluding carboxylic acids is 1. The molecule has 138 valence electrons. The number of rotatable bonds is 6. The van der Waals surface area contributed by atoms with Crippen molar-refractivity contribution >= 4 is 17.6 Å². The van der Waals surface area contributed by atoms with Crippen molar-refractivity contribution in [3.63, 3.8) is 0 Å². The van der Waals surface area contributed by atoms with Crippen LogP contribution < -0.4 is 10.6 Å². The van der Waals surface area contributed by atoms with Crippen LogP contribution in [0, 0.1) is 6.92 Å². The summed E-state index contributed by atoms with van der Waals surface area (Å²) < 4.78 is 0. The van der Waals surface area contributed by atoms with Crippen molar-refractivity contribution in [3.05, 3.63) is 59.7 Å². The summed E-state index contributed by atoms with van der Waals surface area (Å²) >= 11 is 0. The molecule has 0 fully saturated rings. The molecule has 0 bridgehead atoms. The van der Waals surface area contributed by atoms with Crippen LogP contribution in [-0.4, -0.2) is 42.0 Å². The Balaban J connectivity index is 1.96. The van der Waals surface area contributed by atoms with Gasteiger partial charge in [-0.15, -0.1) is 0 Å². The number of guanidine groups is 1. The molecular formula is C20H26N4O2. The number of amides is 1. The number of hydrogen-bond acceptors (Lipinski definition) is 3. The minimum Gasteiger partial charge on any atom is -0.508 e. The molecule has 0 radical (unpaired) electrons. The van der Waals surface area contributed by atoms with E-state index in [-0.39, 0.29) is 18.2 Å². The van der Waals surface area contributed by atoms with Crippen LogP contribution in [-0.2, 0) is 11.3 Å². The first-order valence-corrected chi connectivity index (χ1v) is 8.62. The van der Waals surface area contributed by atoms with E-state index in [2.05, 4.69) is 46.8 Å². The normalized spacial score (nSPS) is 11.1. The van der Waals surface area contributed by atoms with Crippen molar-refractivity contribution in [1.29, 1.82) is 0 Å². The number of phenolic OH excluding ortho intramolecular Hbond substituents is 1. The molecule has 0 aliphatic heterocycles. The molecule has 2 aromatic rings. The molecule has 0 aliphatic rings. The number of phenols is 1. The first kappa shape index (κ1) is 19.3. The maximum Gasteiger partial charge on any atom is 0.246 e. The Morgan fingerprint density at radius 2 is 1.77 bits per heavy atom. The van der Waals surface area contributed by atoms with Gasteiger partial charge in [-0.25, -0.2) is 4.99 Å². The van der Waals surface area contributed by atoms with Crippen LogP contribution in [0.1, 0.15) is 18.1 Å². The second-order valence-corrected chi connectivity index (χ2v) is 6.11. The van der Waals surface area contributed by atoms with Gasteiger partial charge in [-0.1, -0.05) is 29.8 Å². The highest BCUT2D eigenvalue weighted by atomic mass is 16.3. The average molecular weight is 354 g/mol. The fourth-order valence-corrected chi connectivity index (χ4v) is 2.40. The van der Waals surface area contributed by atoms with E-state index in [1.165, 1.54) is 23.3 Å². The zero-order valence-electron chi connectivity index (χ0n) is 15.5. The maximum atomic E-state index is 12.1. The van der Waals surface area contributed by atoms with E-state index >= 15 is 0 Å². The second-order valence-electron chi connectivity index (χ2n) is 6.11. The number of carbonyl (C=O) groups is 1. The zero-order valence-corrected chi connectivity index (χ0v) is 15.5. The van der Waals surface area contributed by atoms with Crippen LogP contribution in [0.2, 0.25) is 0 Å². The Morgan fingerprint density at radius 3 is 2.38 bits per heavy atom. The summed E-state index contributed by atoms with van der Waals surface area (Å²) in [5.41, 5.74) is 3.03. The van der Waals surface area contributed by atoms with Crippen molar-refractivity contribution in [1.82, 2.24) is 10.2 Å². The highest BCUT2D eigenvalue weighted by Gasteiger charge is 2.08. The molecule has 2 aromatic carbocycles. The first-order chi connectivity index (χ1) is 12.5. The van der Waals surface area contributed by atoms with Crippen molar-refractivity contribution in [3.8, 4) is 5.75 Å². The Morgan fingerprint density at radius 1 is 1.12 bits per heavy atom. The molecule has 3 N–H and O–H groups in total. The molecule has 26 heavy (non-hydrogen) atoms.